The molecule has 0 saturated heterocycles. The summed E-state index contributed by atoms with van der Waals surface area (Å²) in [4.78, 5) is 2.63. The fourth-order valence-corrected chi connectivity index (χ4v) is 3.08. The zero-order chi connectivity index (χ0) is 14.6. The van der Waals surface area contributed by atoms with Gasteiger partial charge in [0.15, 0.2) is 0 Å². The van der Waals surface area contributed by atoms with Crippen LogP contribution in [-0.4, -0.2) is 30.1 Å². The highest BCUT2D eigenvalue weighted by atomic mass is 79.9. The van der Waals surface area contributed by atoms with Crippen LogP contribution in [0, 0.1) is 5.92 Å². The van der Waals surface area contributed by atoms with Gasteiger partial charge in [0, 0.05) is 23.1 Å². The summed E-state index contributed by atoms with van der Waals surface area (Å²) in [6, 6.07) is 8.66. The van der Waals surface area contributed by atoms with Crippen LogP contribution in [-0.2, 0) is 6.42 Å². The summed E-state index contributed by atoms with van der Waals surface area (Å²) in [6.07, 6.45) is 5.03. The highest BCUT2D eigenvalue weighted by Gasteiger charge is 2.34. The van der Waals surface area contributed by atoms with Crippen LogP contribution in [0.25, 0.3) is 0 Å². The predicted molar refractivity (Wildman–Crippen MR) is 89.9 cm³/mol. The van der Waals surface area contributed by atoms with Crippen molar-refractivity contribution in [2.75, 3.05) is 19.6 Å². The van der Waals surface area contributed by atoms with Crippen molar-refractivity contribution in [2.24, 2.45) is 11.7 Å². The third-order valence-electron chi connectivity index (χ3n) is 4.37. The van der Waals surface area contributed by atoms with Crippen LogP contribution in [0.1, 0.15) is 38.7 Å². The Balaban J connectivity index is 2.09. The Labute approximate surface area is 131 Å². The van der Waals surface area contributed by atoms with E-state index in [2.05, 4.69) is 58.9 Å². The average Bonchev–Trinajstić information content (AvgIpc) is 3.25. The van der Waals surface area contributed by atoms with Crippen molar-refractivity contribution in [3.8, 4) is 0 Å². The molecule has 1 atom stereocenters. The van der Waals surface area contributed by atoms with Crippen molar-refractivity contribution in [3.63, 3.8) is 0 Å². The average molecular weight is 339 g/mol. The summed E-state index contributed by atoms with van der Waals surface area (Å²) in [7, 11) is 0. The van der Waals surface area contributed by atoms with Crippen molar-refractivity contribution in [1.82, 2.24) is 4.90 Å². The van der Waals surface area contributed by atoms with E-state index >= 15 is 0 Å². The summed E-state index contributed by atoms with van der Waals surface area (Å²) >= 11 is 3.50. The molecule has 1 aliphatic carbocycles. The fourth-order valence-electron chi connectivity index (χ4n) is 2.82. The number of nitrogens with zero attached hydrogens (tertiary/aromatic N) is 1. The first-order valence-corrected chi connectivity index (χ1v) is 8.56. The number of rotatable bonds is 8. The van der Waals surface area contributed by atoms with Gasteiger partial charge in [-0.3, -0.25) is 4.90 Å². The quantitative estimate of drug-likeness (QED) is 0.780. The molecule has 0 heterocycles. The van der Waals surface area contributed by atoms with Crippen LogP contribution in [0.5, 0.6) is 0 Å². The molecule has 0 aromatic heterocycles. The first-order valence-electron chi connectivity index (χ1n) is 7.77. The molecule has 1 aromatic carbocycles. The van der Waals surface area contributed by atoms with E-state index in [-0.39, 0.29) is 5.54 Å². The van der Waals surface area contributed by atoms with Crippen molar-refractivity contribution < 1.29 is 0 Å². The minimum absolute atomic E-state index is 0.0758. The lowest BCUT2D eigenvalue weighted by Crippen LogP contribution is -2.54. The highest BCUT2D eigenvalue weighted by molar-refractivity contribution is 9.10. The van der Waals surface area contributed by atoms with Crippen molar-refractivity contribution >= 4 is 15.9 Å². The number of nitrogens with two attached hydrogens (primary N) is 1. The summed E-state index contributed by atoms with van der Waals surface area (Å²) in [5, 5.41) is 0. The summed E-state index contributed by atoms with van der Waals surface area (Å²) in [5.41, 5.74) is 7.61. The molecule has 2 nitrogen and oxygen atoms in total. The first-order chi connectivity index (χ1) is 9.57. The highest BCUT2D eigenvalue weighted by Crippen LogP contribution is 2.33. The lowest BCUT2D eigenvalue weighted by Gasteiger charge is -2.41. The number of hydrogen-bond acceptors (Lipinski definition) is 2. The standard InChI is InChI=1S/C17H27BrN2/c1-3-10-20(12-15-4-5-15)17(2,13-19)11-14-6-8-16(18)9-7-14/h6-9,15H,3-5,10-13,19H2,1-2H3. The van der Waals surface area contributed by atoms with Crippen molar-refractivity contribution in [3.05, 3.63) is 34.3 Å². The SMILES string of the molecule is CCCN(CC1CC1)C(C)(CN)Cc1ccc(Br)cc1. The molecule has 1 fully saturated rings. The summed E-state index contributed by atoms with van der Waals surface area (Å²) < 4.78 is 1.14. The normalized spacial score (nSPS) is 18.2. The summed E-state index contributed by atoms with van der Waals surface area (Å²) in [6.45, 7) is 7.68. The van der Waals surface area contributed by atoms with Crippen LogP contribution >= 0.6 is 15.9 Å². The molecule has 0 aliphatic heterocycles. The van der Waals surface area contributed by atoms with E-state index in [0.717, 1.165) is 29.9 Å². The molecule has 1 unspecified atom stereocenters. The van der Waals surface area contributed by atoms with E-state index in [1.54, 1.807) is 0 Å². The molecule has 20 heavy (non-hydrogen) atoms. The fraction of sp³-hybridized carbons (Fsp3) is 0.647. The third kappa shape index (κ3) is 4.31. The van der Waals surface area contributed by atoms with Gasteiger partial charge in [0.25, 0.3) is 0 Å². The van der Waals surface area contributed by atoms with E-state index in [1.165, 1.54) is 31.4 Å². The Hall–Kier alpha value is -0.380. The zero-order valence-electron chi connectivity index (χ0n) is 12.7. The second-order valence-electron chi connectivity index (χ2n) is 6.39. The van der Waals surface area contributed by atoms with Gasteiger partial charge in [0.1, 0.15) is 0 Å². The van der Waals surface area contributed by atoms with Crippen LogP contribution in [0.4, 0.5) is 0 Å². The molecule has 1 saturated carbocycles. The van der Waals surface area contributed by atoms with Gasteiger partial charge < -0.3 is 5.73 Å². The molecule has 2 rings (SSSR count). The molecule has 3 heteroatoms. The van der Waals surface area contributed by atoms with E-state index in [0.29, 0.717) is 0 Å². The van der Waals surface area contributed by atoms with Gasteiger partial charge >= 0.3 is 0 Å². The Kier molecular flexibility index (Phi) is 5.65. The molecular formula is C17H27BrN2. The molecule has 0 bridgehead atoms. The monoisotopic (exact) mass is 338 g/mol. The van der Waals surface area contributed by atoms with Crippen molar-refractivity contribution in [2.45, 2.75) is 45.1 Å². The van der Waals surface area contributed by atoms with E-state index < -0.39 is 0 Å². The first kappa shape index (κ1) is 16.0. The van der Waals surface area contributed by atoms with Gasteiger partial charge in [0.05, 0.1) is 0 Å². The van der Waals surface area contributed by atoms with Gasteiger partial charge in [-0.15, -0.1) is 0 Å². The lowest BCUT2D eigenvalue weighted by atomic mass is 9.90. The Morgan fingerprint density at radius 1 is 1.30 bits per heavy atom. The largest absolute Gasteiger partial charge is 0.329 e. The van der Waals surface area contributed by atoms with Gasteiger partial charge in [-0.25, -0.2) is 0 Å². The minimum atomic E-state index is 0.0758. The molecule has 0 radical (unpaired) electrons. The zero-order valence-corrected chi connectivity index (χ0v) is 14.3. The second-order valence-corrected chi connectivity index (χ2v) is 7.31. The molecule has 0 spiro atoms. The number of hydrogen-bond donors (Lipinski definition) is 1. The predicted octanol–water partition coefficient (Wildman–Crippen LogP) is 3.83. The van der Waals surface area contributed by atoms with Crippen LogP contribution < -0.4 is 5.73 Å². The van der Waals surface area contributed by atoms with E-state index in [9.17, 15) is 0 Å². The molecule has 2 N–H and O–H groups in total. The second kappa shape index (κ2) is 7.06. The Morgan fingerprint density at radius 2 is 1.95 bits per heavy atom. The van der Waals surface area contributed by atoms with Gasteiger partial charge in [-0.1, -0.05) is 35.0 Å². The molecule has 0 amide bonds. The van der Waals surface area contributed by atoms with Crippen molar-refractivity contribution in [1.29, 1.82) is 0 Å². The Bertz CT molecular complexity index is 414. The summed E-state index contributed by atoms with van der Waals surface area (Å²) in [5.74, 6) is 0.914. The number of halogens is 1. The van der Waals surface area contributed by atoms with E-state index in [4.69, 9.17) is 5.73 Å². The molecule has 112 valence electrons. The Morgan fingerprint density at radius 3 is 2.45 bits per heavy atom. The topological polar surface area (TPSA) is 29.3 Å². The molecular weight excluding hydrogens is 312 g/mol. The van der Waals surface area contributed by atoms with Crippen LogP contribution in [0.15, 0.2) is 28.7 Å². The molecule has 1 aliphatic rings. The maximum absolute atomic E-state index is 6.16. The number of benzene rings is 1. The maximum Gasteiger partial charge on any atom is 0.0343 e. The van der Waals surface area contributed by atoms with Crippen LogP contribution in [0.2, 0.25) is 0 Å². The van der Waals surface area contributed by atoms with Crippen LogP contribution in [0.3, 0.4) is 0 Å². The van der Waals surface area contributed by atoms with Gasteiger partial charge in [-0.2, -0.15) is 0 Å². The lowest BCUT2D eigenvalue weighted by molar-refractivity contribution is 0.104. The van der Waals surface area contributed by atoms with E-state index in [1.807, 2.05) is 0 Å². The minimum Gasteiger partial charge on any atom is -0.329 e. The van der Waals surface area contributed by atoms with Gasteiger partial charge in [-0.05, 0) is 62.8 Å². The smallest absolute Gasteiger partial charge is 0.0343 e. The van der Waals surface area contributed by atoms with Gasteiger partial charge in [0.2, 0.25) is 0 Å². The maximum atomic E-state index is 6.16. The molecule has 1 aromatic rings. The third-order valence-corrected chi connectivity index (χ3v) is 4.90.